The summed E-state index contributed by atoms with van der Waals surface area (Å²) in [5.74, 6) is -5.46. The Kier molecular flexibility index (Phi) is 11.8. The molecule has 0 bridgehead atoms. The van der Waals surface area contributed by atoms with Gasteiger partial charge in [0.2, 0.25) is 17.7 Å². The zero-order valence-electron chi connectivity index (χ0n) is 18.0. The summed E-state index contributed by atoms with van der Waals surface area (Å²) in [6, 6.07) is 0.288. The maximum atomic E-state index is 12.9. The van der Waals surface area contributed by atoms with Crippen molar-refractivity contribution in [1.29, 1.82) is 0 Å². The monoisotopic (exact) mass is 500 g/mol. The number of thiol groups is 1. The van der Waals surface area contributed by atoms with E-state index in [9.17, 15) is 34.2 Å². The van der Waals surface area contributed by atoms with Gasteiger partial charge in [-0.3, -0.25) is 19.2 Å². The van der Waals surface area contributed by atoms with Crippen LogP contribution in [0.5, 0.6) is 5.75 Å². The SMILES string of the molecule is NC(CCC(=O)O)C(=O)NC(Cc1ccc(O)cc1)C(=O)NC(CO)C(=O)NC(CS)C(=O)O. The lowest BCUT2D eigenvalue weighted by molar-refractivity contribution is -0.142. The molecule has 4 atom stereocenters. The zero-order chi connectivity index (χ0) is 25.8. The first-order chi connectivity index (χ1) is 16.0. The highest BCUT2D eigenvalue weighted by molar-refractivity contribution is 7.80. The molecule has 13 nitrogen and oxygen atoms in total. The van der Waals surface area contributed by atoms with Crippen LogP contribution in [0.15, 0.2) is 24.3 Å². The standard InChI is InChI=1S/C20H28N4O9S/c21-12(5-6-16(27)28)17(29)22-13(7-10-1-3-11(26)4-2-10)18(30)23-14(8-25)19(31)24-15(9-34)20(32)33/h1-4,12-15,25-26,34H,5-9,21H2,(H,22,29)(H,23,30)(H,24,31)(H,27,28)(H,32,33). The Balaban J connectivity index is 2.99. The highest BCUT2D eigenvalue weighted by atomic mass is 32.1. The van der Waals surface area contributed by atoms with Crippen LogP contribution in [0.4, 0.5) is 0 Å². The number of hydrogen-bond donors (Lipinski definition) is 9. The number of phenolic OH excluding ortho intramolecular Hbond substituents is 1. The summed E-state index contributed by atoms with van der Waals surface area (Å²) >= 11 is 3.82. The van der Waals surface area contributed by atoms with E-state index in [1.807, 2.05) is 0 Å². The van der Waals surface area contributed by atoms with Gasteiger partial charge in [-0.05, 0) is 24.1 Å². The molecule has 1 aromatic rings. The highest BCUT2D eigenvalue weighted by Gasteiger charge is 2.30. The molecule has 0 aliphatic carbocycles. The molecule has 0 saturated heterocycles. The van der Waals surface area contributed by atoms with E-state index >= 15 is 0 Å². The van der Waals surface area contributed by atoms with Crippen LogP contribution in [-0.2, 0) is 30.4 Å². The third kappa shape index (κ3) is 9.64. The quantitative estimate of drug-likeness (QED) is 0.123. The molecule has 0 spiro atoms. The van der Waals surface area contributed by atoms with E-state index < -0.39 is 60.4 Å². The molecule has 0 aliphatic heterocycles. The van der Waals surface area contributed by atoms with Gasteiger partial charge in [0.1, 0.15) is 23.9 Å². The van der Waals surface area contributed by atoms with E-state index in [-0.39, 0.29) is 30.8 Å². The van der Waals surface area contributed by atoms with Crippen molar-refractivity contribution in [2.75, 3.05) is 12.4 Å². The van der Waals surface area contributed by atoms with E-state index in [2.05, 4.69) is 28.6 Å². The third-order valence-electron chi connectivity index (χ3n) is 4.63. The number of carboxylic acid groups (broad SMARTS) is 2. The van der Waals surface area contributed by atoms with Crippen molar-refractivity contribution >= 4 is 42.3 Å². The molecule has 0 radical (unpaired) electrons. The lowest BCUT2D eigenvalue weighted by atomic mass is 10.0. The van der Waals surface area contributed by atoms with Gasteiger partial charge in [0.05, 0.1) is 12.6 Å². The summed E-state index contributed by atoms with van der Waals surface area (Å²) in [5, 5.41) is 43.5. The van der Waals surface area contributed by atoms with Crippen LogP contribution in [0.25, 0.3) is 0 Å². The molecule has 188 valence electrons. The molecule has 0 aliphatic rings. The van der Waals surface area contributed by atoms with Crippen LogP contribution in [0.3, 0.4) is 0 Å². The van der Waals surface area contributed by atoms with E-state index in [1.54, 1.807) is 0 Å². The lowest BCUT2D eigenvalue weighted by Crippen LogP contribution is -2.58. The molecule has 0 fully saturated rings. The van der Waals surface area contributed by atoms with Crippen LogP contribution >= 0.6 is 12.6 Å². The van der Waals surface area contributed by atoms with Gasteiger partial charge in [-0.1, -0.05) is 12.1 Å². The number of nitrogens with two attached hydrogens (primary N) is 1. The van der Waals surface area contributed by atoms with E-state index in [0.717, 1.165) is 0 Å². The molecule has 1 rings (SSSR count). The number of hydrogen-bond acceptors (Lipinski definition) is 9. The predicted molar refractivity (Wildman–Crippen MR) is 121 cm³/mol. The summed E-state index contributed by atoms with van der Waals surface area (Å²) < 4.78 is 0. The van der Waals surface area contributed by atoms with Crippen molar-refractivity contribution in [1.82, 2.24) is 16.0 Å². The molecular weight excluding hydrogens is 472 g/mol. The number of amides is 3. The Morgan fingerprint density at radius 1 is 0.882 bits per heavy atom. The summed E-state index contributed by atoms with van der Waals surface area (Å²) in [6.07, 6.45) is -0.652. The van der Waals surface area contributed by atoms with Crippen molar-refractivity contribution < 1.29 is 44.4 Å². The van der Waals surface area contributed by atoms with Crippen LogP contribution in [0.2, 0.25) is 0 Å². The molecule has 9 N–H and O–H groups in total. The number of aliphatic hydroxyl groups excluding tert-OH is 1. The Labute approximate surface area is 200 Å². The van der Waals surface area contributed by atoms with Crippen molar-refractivity contribution in [2.24, 2.45) is 5.73 Å². The van der Waals surface area contributed by atoms with Gasteiger partial charge >= 0.3 is 11.9 Å². The first-order valence-corrected chi connectivity index (χ1v) is 10.7. The number of benzene rings is 1. The number of carboxylic acids is 2. The van der Waals surface area contributed by atoms with E-state index in [0.29, 0.717) is 5.56 Å². The number of phenols is 1. The zero-order valence-corrected chi connectivity index (χ0v) is 18.9. The molecule has 0 saturated carbocycles. The highest BCUT2D eigenvalue weighted by Crippen LogP contribution is 2.12. The van der Waals surface area contributed by atoms with Gasteiger partial charge in [-0.25, -0.2) is 4.79 Å². The maximum Gasteiger partial charge on any atom is 0.327 e. The fraction of sp³-hybridized carbons (Fsp3) is 0.450. The molecule has 14 heteroatoms. The summed E-state index contributed by atoms with van der Waals surface area (Å²) in [6.45, 7) is -0.867. The van der Waals surface area contributed by atoms with Gasteiger partial charge in [0.15, 0.2) is 0 Å². The van der Waals surface area contributed by atoms with Crippen LogP contribution in [0, 0.1) is 0 Å². The Morgan fingerprint density at radius 3 is 1.91 bits per heavy atom. The number of aliphatic hydroxyl groups is 1. The Bertz CT molecular complexity index is 881. The minimum atomic E-state index is -1.53. The predicted octanol–water partition coefficient (Wildman–Crippen LogP) is -2.41. The van der Waals surface area contributed by atoms with E-state index in [1.165, 1.54) is 24.3 Å². The van der Waals surface area contributed by atoms with Crippen molar-refractivity contribution in [2.45, 2.75) is 43.4 Å². The van der Waals surface area contributed by atoms with Crippen molar-refractivity contribution in [3.8, 4) is 5.75 Å². The first kappa shape index (κ1) is 28.7. The average molecular weight is 501 g/mol. The third-order valence-corrected chi connectivity index (χ3v) is 4.99. The normalized spacial score (nSPS) is 14.2. The summed E-state index contributed by atoms with van der Waals surface area (Å²) in [7, 11) is 0. The number of carbonyl (C=O) groups excluding carboxylic acids is 3. The number of carbonyl (C=O) groups is 5. The molecule has 34 heavy (non-hydrogen) atoms. The lowest BCUT2D eigenvalue weighted by Gasteiger charge is -2.24. The number of rotatable bonds is 14. The molecule has 4 unspecified atom stereocenters. The smallest absolute Gasteiger partial charge is 0.327 e. The van der Waals surface area contributed by atoms with Crippen molar-refractivity contribution in [3.05, 3.63) is 29.8 Å². The second-order valence-electron chi connectivity index (χ2n) is 7.30. The largest absolute Gasteiger partial charge is 0.508 e. The minimum absolute atomic E-state index is 0.0290. The van der Waals surface area contributed by atoms with Crippen LogP contribution in [-0.4, -0.2) is 86.6 Å². The molecule has 0 heterocycles. The Hall–Kier alpha value is -3.36. The molecule has 3 amide bonds. The number of aromatic hydroxyl groups is 1. The number of nitrogens with one attached hydrogen (secondary N) is 3. The first-order valence-electron chi connectivity index (χ1n) is 10.1. The van der Waals surface area contributed by atoms with Crippen molar-refractivity contribution in [3.63, 3.8) is 0 Å². The summed E-state index contributed by atoms with van der Waals surface area (Å²) in [5.41, 5.74) is 6.21. The van der Waals surface area contributed by atoms with Gasteiger partial charge in [0.25, 0.3) is 0 Å². The minimum Gasteiger partial charge on any atom is -0.508 e. The van der Waals surface area contributed by atoms with Crippen LogP contribution < -0.4 is 21.7 Å². The van der Waals surface area contributed by atoms with E-state index in [4.69, 9.17) is 15.9 Å². The topological polar surface area (TPSA) is 228 Å². The Morgan fingerprint density at radius 2 is 1.41 bits per heavy atom. The molecule has 1 aromatic carbocycles. The van der Waals surface area contributed by atoms with Crippen LogP contribution in [0.1, 0.15) is 18.4 Å². The van der Waals surface area contributed by atoms with Gasteiger partial charge < -0.3 is 42.1 Å². The molecular formula is C20H28N4O9S. The van der Waals surface area contributed by atoms with Gasteiger partial charge in [-0.2, -0.15) is 12.6 Å². The molecule has 0 aromatic heterocycles. The van der Waals surface area contributed by atoms with Gasteiger partial charge in [0, 0.05) is 18.6 Å². The second kappa shape index (κ2) is 14.0. The number of aliphatic carboxylic acids is 2. The summed E-state index contributed by atoms with van der Waals surface area (Å²) in [4.78, 5) is 59.4. The average Bonchev–Trinajstić information content (AvgIpc) is 2.79. The maximum absolute atomic E-state index is 12.9. The fourth-order valence-corrected chi connectivity index (χ4v) is 2.94. The van der Waals surface area contributed by atoms with Gasteiger partial charge in [-0.15, -0.1) is 0 Å². The second-order valence-corrected chi connectivity index (χ2v) is 7.66. The fourth-order valence-electron chi connectivity index (χ4n) is 2.69.